The molecule has 0 saturated carbocycles. The van der Waals surface area contributed by atoms with Gasteiger partial charge >= 0.3 is 5.97 Å². The molecule has 0 bridgehead atoms. The zero-order valence-electron chi connectivity index (χ0n) is 16.6. The summed E-state index contributed by atoms with van der Waals surface area (Å²) in [6, 6.07) is 5.47. The Kier molecular flexibility index (Phi) is 5.35. The second-order valence-electron chi connectivity index (χ2n) is 7.34. The topological polar surface area (TPSA) is 100 Å². The quantitative estimate of drug-likeness (QED) is 0.666. The molecule has 1 fully saturated rings. The predicted octanol–water partition coefficient (Wildman–Crippen LogP) is 2.77. The van der Waals surface area contributed by atoms with Crippen LogP contribution in [0.5, 0.6) is 0 Å². The minimum atomic E-state index is -1.12. The maximum Gasteiger partial charge on any atom is 0.339 e. The van der Waals surface area contributed by atoms with Crippen molar-refractivity contribution < 1.29 is 14.3 Å². The first-order valence-corrected chi connectivity index (χ1v) is 9.82. The summed E-state index contributed by atoms with van der Waals surface area (Å²) in [6.07, 6.45) is 4.68. The number of aromatic nitrogens is 3. The number of nitrogens with zero attached hydrogens (tertiary/aromatic N) is 4. The fraction of sp³-hybridized carbons (Fsp3) is 0.333. The van der Waals surface area contributed by atoms with Gasteiger partial charge in [0, 0.05) is 38.4 Å². The molecule has 1 aromatic carbocycles. The number of pyridine rings is 1. The molecule has 3 aromatic rings. The predicted molar refractivity (Wildman–Crippen MR) is 112 cm³/mol. The zero-order valence-corrected chi connectivity index (χ0v) is 16.6. The Bertz CT molecular complexity index is 1170. The van der Waals surface area contributed by atoms with Crippen molar-refractivity contribution in [2.45, 2.75) is 25.8 Å². The van der Waals surface area contributed by atoms with E-state index in [0.717, 1.165) is 32.4 Å². The molecule has 4 rings (SSSR count). The third kappa shape index (κ3) is 3.70. The molecule has 156 valence electrons. The Hall–Kier alpha value is -3.49. The fourth-order valence-electron chi connectivity index (χ4n) is 3.81. The van der Waals surface area contributed by atoms with Gasteiger partial charge in [0.1, 0.15) is 17.2 Å². The zero-order chi connectivity index (χ0) is 21.3. The van der Waals surface area contributed by atoms with Crippen molar-refractivity contribution in [1.82, 2.24) is 14.5 Å². The van der Waals surface area contributed by atoms with Gasteiger partial charge in [-0.25, -0.2) is 19.2 Å². The summed E-state index contributed by atoms with van der Waals surface area (Å²) in [5.41, 5.74) is 0.560. The van der Waals surface area contributed by atoms with Crippen LogP contribution in [0.25, 0.3) is 10.9 Å². The number of anilines is 2. The monoisotopic (exact) mass is 411 g/mol. The lowest BCUT2D eigenvalue weighted by Crippen LogP contribution is -2.35. The van der Waals surface area contributed by atoms with Gasteiger partial charge in [0.15, 0.2) is 0 Å². The first-order valence-electron chi connectivity index (χ1n) is 9.82. The third-order valence-electron chi connectivity index (χ3n) is 5.32. The molecule has 0 aliphatic carbocycles. The van der Waals surface area contributed by atoms with E-state index >= 15 is 0 Å². The molecule has 1 aliphatic heterocycles. The number of carboxylic acid groups (broad SMARTS) is 1. The highest BCUT2D eigenvalue weighted by atomic mass is 19.1. The molecule has 0 atom stereocenters. The largest absolute Gasteiger partial charge is 0.478 e. The second kappa shape index (κ2) is 8.10. The molecule has 2 N–H and O–H groups in total. The highest BCUT2D eigenvalue weighted by molar-refractivity contribution is 5.93. The van der Waals surface area contributed by atoms with E-state index in [-0.39, 0.29) is 28.9 Å². The molecule has 0 spiro atoms. The van der Waals surface area contributed by atoms with Crippen molar-refractivity contribution >= 4 is 28.6 Å². The average Bonchev–Trinajstić information content (AvgIpc) is 2.75. The Morgan fingerprint density at radius 3 is 2.77 bits per heavy atom. The van der Waals surface area contributed by atoms with Crippen LogP contribution in [0.3, 0.4) is 0 Å². The van der Waals surface area contributed by atoms with Gasteiger partial charge in [-0.3, -0.25) is 9.36 Å². The van der Waals surface area contributed by atoms with Crippen LogP contribution in [0.1, 0.15) is 35.2 Å². The van der Waals surface area contributed by atoms with Crippen molar-refractivity contribution in [2.24, 2.45) is 7.05 Å². The summed E-state index contributed by atoms with van der Waals surface area (Å²) in [7, 11) is 1.65. The van der Waals surface area contributed by atoms with Crippen LogP contribution in [-0.4, -0.2) is 38.7 Å². The highest BCUT2D eigenvalue weighted by Gasteiger charge is 2.20. The van der Waals surface area contributed by atoms with E-state index in [1.54, 1.807) is 7.05 Å². The van der Waals surface area contributed by atoms with E-state index in [0.29, 0.717) is 17.0 Å². The summed E-state index contributed by atoms with van der Waals surface area (Å²) in [5, 5.41) is 12.5. The number of nitrogens with one attached hydrogen (secondary N) is 1. The van der Waals surface area contributed by atoms with Gasteiger partial charge in [0.25, 0.3) is 5.56 Å². The van der Waals surface area contributed by atoms with E-state index < -0.39 is 11.8 Å². The average molecular weight is 411 g/mol. The van der Waals surface area contributed by atoms with E-state index in [9.17, 15) is 19.1 Å². The van der Waals surface area contributed by atoms with Crippen LogP contribution in [0.15, 0.2) is 35.3 Å². The van der Waals surface area contributed by atoms with E-state index in [1.807, 2.05) is 0 Å². The number of carboxylic acids is 1. The van der Waals surface area contributed by atoms with Crippen LogP contribution < -0.4 is 15.8 Å². The minimum Gasteiger partial charge on any atom is -0.478 e. The summed E-state index contributed by atoms with van der Waals surface area (Å²) in [5.74, 6) is -0.941. The van der Waals surface area contributed by atoms with Crippen LogP contribution in [0.4, 0.5) is 16.2 Å². The third-order valence-corrected chi connectivity index (χ3v) is 5.32. The number of halogens is 1. The second-order valence-corrected chi connectivity index (χ2v) is 7.34. The molecule has 8 nitrogen and oxygen atoms in total. The van der Waals surface area contributed by atoms with Gasteiger partial charge in [0.05, 0.1) is 10.9 Å². The number of rotatable bonds is 5. The lowest BCUT2D eigenvalue weighted by atomic mass is 10.1. The van der Waals surface area contributed by atoms with Gasteiger partial charge in [-0.2, -0.15) is 0 Å². The number of aromatic carboxylic acids is 1. The van der Waals surface area contributed by atoms with Crippen LogP contribution in [0.2, 0.25) is 0 Å². The molecule has 0 amide bonds. The lowest BCUT2D eigenvalue weighted by molar-refractivity contribution is 0.0697. The van der Waals surface area contributed by atoms with Crippen molar-refractivity contribution in [1.29, 1.82) is 0 Å². The van der Waals surface area contributed by atoms with Crippen molar-refractivity contribution in [2.75, 3.05) is 23.3 Å². The molecular weight excluding hydrogens is 389 g/mol. The normalized spacial score (nSPS) is 14.1. The minimum absolute atomic E-state index is 0.0103. The SMILES string of the molecule is Cn1c(N2CCCCC2)nc2c(CNc3ncccc3C(=O)O)cc(F)cc2c1=O. The Morgan fingerprint density at radius 1 is 1.27 bits per heavy atom. The van der Waals surface area contributed by atoms with Gasteiger partial charge in [-0.1, -0.05) is 0 Å². The number of piperidine rings is 1. The van der Waals surface area contributed by atoms with Crippen molar-refractivity contribution in [3.8, 4) is 0 Å². The molecule has 30 heavy (non-hydrogen) atoms. The number of hydrogen-bond acceptors (Lipinski definition) is 6. The summed E-state index contributed by atoms with van der Waals surface area (Å²) in [6.45, 7) is 1.71. The van der Waals surface area contributed by atoms with Crippen LogP contribution >= 0.6 is 0 Å². The van der Waals surface area contributed by atoms with Crippen LogP contribution in [0, 0.1) is 5.82 Å². The Balaban J connectivity index is 1.77. The van der Waals surface area contributed by atoms with E-state index in [4.69, 9.17) is 4.98 Å². The number of hydrogen-bond donors (Lipinski definition) is 2. The van der Waals surface area contributed by atoms with Crippen molar-refractivity contribution in [3.63, 3.8) is 0 Å². The maximum absolute atomic E-state index is 14.3. The molecule has 0 unspecified atom stereocenters. The van der Waals surface area contributed by atoms with Gasteiger partial charge < -0.3 is 15.3 Å². The number of carbonyl (C=O) groups is 1. The van der Waals surface area contributed by atoms with E-state index in [2.05, 4.69) is 15.2 Å². The molecule has 2 aromatic heterocycles. The first-order chi connectivity index (χ1) is 14.5. The standard InChI is InChI=1S/C21H22FN5O3/c1-26-19(28)16-11-14(22)10-13(12-24-18-15(20(29)30)6-5-7-23-18)17(16)25-21(26)27-8-3-2-4-9-27/h5-7,10-11H,2-4,8-9,12H2,1H3,(H,23,24)(H,29,30). The highest BCUT2D eigenvalue weighted by Crippen LogP contribution is 2.23. The Labute approximate surface area is 172 Å². The maximum atomic E-state index is 14.3. The molecular formula is C21H22FN5O3. The number of benzene rings is 1. The molecule has 1 aliphatic rings. The summed E-state index contributed by atoms with van der Waals surface area (Å²) in [4.78, 5) is 35.2. The Morgan fingerprint density at radius 2 is 2.03 bits per heavy atom. The molecule has 9 heteroatoms. The van der Waals surface area contributed by atoms with Gasteiger partial charge in [-0.15, -0.1) is 0 Å². The fourth-order valence-corrected chi connectivity index (χ4v) is 3.81. The molecule has 3 heterocycles. The molecule has 0 radical (unpaired) electrons. The lowest BCUT2D eigenvalue weighted by Gasteiger charge is -2.29. The smallest absolute Gasteiger partial charge is 0.339 e. The van der Waals surface area contributed by atoms with Crippen molar-refractivity contribution in [3.05, 3.63) is 57.8 Å². The summed E-state index contributed by atoms with van der Waals surface area (Å²) < 4.78 is 15.7. The van der Waals surface area contributed by atoms with Gasteiger partial charge in [0.2, 0.25) is 5.95 Å². The summed E-state index contributed by atoms with van der Waals surface area (Å²) >= 11 is 0. The molecule has 1 saturated heterocycles. The van der Waals surface area contributed by atoms with Gasteiger partial charge in [-0.05, 0) is 43.5 Å². The first kappa shape index (κ1) is 19.8. The van der Waals surface area contributed by atoms with Crippen LogP contribution in [-0.2, 0) is 13.6 Å². The van der Waals surface area contributed by atoms with E-state index in [1.165, 1.54) is 35.0 Å². The number of fused-ring (bicyclic) bond motifs is 1.